The summed E-state index contributed by atoms with van der Waals surface area (Å²) < 4.78 is 31.5. The molecule has 3 aromatic heterocycles. The third-order valence-electron chi connectivity index (χ3n) is 5.08. The standard InChI is InChI=1S/C20H15F2N5O2/c21-19(22)16-18(29-10-25-16)20(28)27-8-7-13-15(24-9-23-13)17(27)14-6-5-11-3-1-2-4-12(11)26-14/h1-6,9-10,17,19H,7-8H2,(H,23,24)/t17-/m1/s1. The number of H-pyrrole nitrogens is 1. The normalized spacial score (nSPS) is 16.4. The molecular weight excluding hydrogens is 380 g/mol. The summed E-state index contributed by atoms with van der Waals surface area (Å²) in [4.78, 5) is 30.3. The van der Waals surface area contributed by atoms with Gasteiger partial charge in [-0.15, -0.1) is 0 Å². The molecule has 1 aromatic carbocycles. The minimum Gasteiger partial charge on any atom is -0.438 e. The Labute approximate surface area is 163 Å². The number of hydrogen-bond acceptors (Lipinski definition) is 5. The van der Waals surface area contributed by atoms with E-state index >= 15 is 0 Å². The van der Waals surface area contributed by atoms with Crippen molar-refractivity contribution in [2.75, 3.05) is 6.54 Å². The van der Waals surface area contributed by atoms with E-state index in [9.17, 15) is 13.6 Å². The first-order valence-corrected chi connectivity index (χ1v) is 9.04. The zero-order chi connectivity index (χ0) is 20.0. The number of fused-ring (bicyclic) bond motifs is 2. The number of nitrogens with zero attached hydrogens (tertiary/aromatic N) is 4. The fourth-order valence-electron chi connectivity index (χ4n) is 3.74. The molecule has 5 rings (SSSR count). The predicted molar refractivity (Wildman–Crippen MR) is 98.4 cm³/mol. The Morgan fingerprint density at radius 3 is 2.93 bits per heavy atom. The maximum Gasteiger partial charge on any atom is 0.292 e. The Bertz CT molecular complexity index is 1200. The predicted octanol–water partition coefficient (Wildman–Crippen LogP) is 3.67. The van der Waals surface area contributed by atoms with Crippen LogP contribution in [0.25, 0.3) is 10.9 Å². The van der Waals surface area contributed by atoms with Gasteiger partial charge in [-0.2, -0.15) is 0 Å². The number of pyridine rings is 1. The fourth-order valence-corrected chi connectivity index (χ4v) is 3.74. The number of nitrogens with one attached hydrogen (secondary N) is 1. The summed E-state index contributed by atoms with van der Waals surface area (Å²) in [6, 6.07) is 10.8. The molecule has 0 radical (unpaired) electrons. The van der Waals surface area contributed by atoms with Gasteiger partial charge in [-0.3, -0.25) is 9.78 Å². The Morgan fingerprint density at radius 1 is 1.21 bits per heavy atom. The topological polar surface area (TPSA) is 87.9 Å². The van der Waals surface area contributed by atoms with Gasteiger partial charge in [0.25, 0.3) is 12.3 Å². The molecule has 0 aliphatic carbocycles. The number of benzene rings is 1. The van der Waals surface area contributed by atoms with Crippen molar-refractivity contribution in [1.29, 1.82) is 0 Å². The first-order valence-electron chi connectivity index (χ1n) is 9.04. The van der Waals surface area contributed by atoms with Crippen molar-refractivity contribution in [2.24, 2.45) is 0 Å². The molecule has 0 bridgehead atoms. The van der Waals surface area contributed by atoms with Crippen LogP contribution in [0.15, 0.2) is 53.5 Å². The monoisotopic (exact) mass is 395 g/mol. The molecule has 1 aliphatic heterocycles. The Hall–Kier alpha value is -3.62. The molecule has 0 saturated heterocycles. The highest BCUT2D eigenvalue weighted by atomic mass is 19.3. The molecule has 4 aromatic rings. The molecule has 1 amide bonds. The van der Waals surface area contributed by atoms with Gasteiger partial charge in [0.05, 0.1) is 28.9 Å². The quantitative estimate of drug-likeness (QED) is 0.572. The Kier molecular flexibility index (Phi) is 4.08. The van der Waals surface area contributed by atoms with Gasteiger partial charge in [-0.25, -0.2) is 18.7 Å². The van der Waals surface area contributed by atoms with E-state index in [1.54, 1.807) is 6.33 Å². The Morgan fingerprint density at radius 2 is 2.07 bits per heavy atom. The van der Waals surface area contributed by atoms with Gasteiger partial charge in [0.15, 0.2) is 12.1 Å². The van der Waals surface area contributed by atoms with Gasteiger partial charge in [-0.05, 0) is 12.1 Å². The summed E-state index contributed by atoms with van der Waals surface area (Å²) in [7, 11) is 0. The number of aromatic nitrogens is 4. The summed E-state index contributed by atoms with van der Waals surface area (Å²) in [5.74, 6) is -1.10. The van der Waals surface area contributed by atoms with Gasteiger partial charge in [0.2, 0.25) is 5.76 Å². The van der Waals surface area contributed by atoms with E-state index in [1.165, 1.54) is 4.90 Å². The molecule has 4 heterocycles. The van der Waals surface area contributed by atoms with Crippen molar-refractivity contribution in [1.82, 2.24) is 24.8 Å². The average Bonchev–Trinajstić information content (AvgIpc) is 3.41. The van der Waals surface area contributed by atoms with Crippen molar-refractivity contribution in [3.05, 3.63) is 77.7 Å². The zero-order valence-corrected chi connectivity index (χ0v) is 15.0. The molecular formula is C20H15F2N5O2. The lowest BCUT2D eigenvalue weighted by Gasteiger charge is -2.34. The first kappa shape index (κ1) is 17.5. The van der Waals surface area contributed by atoms with E-state index < -0.39 is 29.8 Å². The van der Waals surface area contributed by atoms with E-state index in [1.807, 2.05) is 36.4 Å². The number of carbonyl (C=O) groups is 1. The molecule has 0 unspecified atom stereocenters. The molecule has 146 valence electrons. The number of amides is 1. The fraction of sp³-hybridized carbons (Fsp3) is 0.200. The van der Waals surface area contributed by atoms with Crippen LogP contribution in [-0.4, -0.2) is 37.3 Å². The van der Waals surface area contributed by atoms with Crippen LogP contribution in [-0.2, 0) is 6.42 Å². The third-order valence-corrected chi connectivity index (χ3v) is 5.08. The summed E-state index contributed by atoms with van der Waals surface area (Å²) in [5, 5.41) is 0.963. The largest absolute Gasteiger partial charge is 0.438 e. The van der Waals surface area contributed by atoms with Gasteiger partial charge < -0.3 is 14.3 Å². The van der Waals surface area contributed by atoms with E-state index in [4.69, 9.17) is 9.40 Å². The van der Waals surface area contributed by atoms with Crippen molar-refractivity contribution < 1.29 is 18.0 Å². The number of halogens is 2. The second-order valence-electron chi connectivity index (χ2n) is 6.71. The van der Waals surface area contributed by atoms with Gasteiger partial charge in [-0.1, -0.05) is 24.3 Å². The highest BCUT2D eigenvalue weighted by molar-refractivity contribution is 5.93. The van der Waals surface area contributed by atoms with Crippen LogP contribution < -0.4 is 0 Å². The van der Waals surface area contributed by atoms with Crippen LogP contribution in [0, 0.1) is 0 Å². The maximum atomic E-state index is 13.3. The van der Waals surface area contributed by atoms with Gasteiger partial charge in [0.1, 0.15) is 6.04 Å². The minimum absolute atomic E-state index is 0.291. The van der Waals surface area contributed by atoms with Crippen LogP contribution in [0.5, 0.6) is 0 Å². The lowest BCUT2D eigenvalue weighted by molar-refractivity contribution is 0.0639. The zero-order valence-electron chi connectivity index (χ0n) is 15.0. The summed E-state index contributed by atoms with van der Waals surface area (Å²) in [6.07, 6.45) is 0.0136. The molecule has 1 atom stereocenters. The van der Waals surface area contributed by atoms with Crippen LogP contribution in [0.1, 0.15) is 45.8 Å². The number of oxazole rings is 1. The number of carbonyl (C=O) groups excluding carboxylic acids is 1. The molecule has 0 fully saturated rings. The second-order valence-corrected chi connectivity index (χ2v) is 6.71. The SMILES string of the molecule is O=C(c1ocnc1C(F)F)N1CCc2nc[nH]c2[C@H]1c1ccc2ccccc2n1. The highest BCUT2D eigenvalue weighted by Crippen LogP contribution is 2.35. The molecule has 0 saturated carbocycles. The molecule has 0 spiro atoms. The van der Waals surface area contributed by atoms with Gasteiger partial charge in [0, 0.05) is 18.4 Å². The third kappa shape index (κ3) is 2.86. The molecule has 7 nitrogen and oxygen atoms in total. The van der Waals surface area contributed by atoms with E-state index in [0.29, 0.717) is 24.4 Å². The van der Waals surface area contributed by atoms with Crippen molar-refractivity contribution >= 4 is 16.8 Å². The number of hydrogen-bond donors (Lipinski definition) is 1. The second kappa shape index (κ2) is 6.77. The average molecular weight is 395 g/mol. The van der Waals surface area contributed by atoms with E-state index in [-0.39, 0.29) is 0 Å². The summed E-state index contributed by atoms with van der Waals surface area (Å²) >= 11 is 0. The number of para-hydroxylation sites is 1. The molecule has 9 heteroatoms. The maximum absolute atomic E-state index is 13.3. The number of aromatic amines is 1. The molecule has 29 heavy (non-hydrogen) atoms. The molecule has 1 N–H and O–H groups in total. The van der Waals surface area contributed by atoms with E-state index in [2.05, 4.69) is 15.0 Å². The number of alkyl halides is 2. The smallest absolute Gasteiger partial charge is 0.292 e. The lowest BCUT2D eigenvalue weighted by Crippen LogP contribution is -2.41. The summed E-state index contributed by atoms with van der Waals surface area (Å²) in [5.41, 5.74) is 2.26. The van der Waals surface area contributed by atoms with Crippen LogP contribution in [0.4, 0.5) is 8.78 Å². The van der Waals surface area contributed by atoms with Crippen molar-refractivity contribution in [3.63, 3.8) is 0 Å². The van der Waals surface area contributed by atoms with Crippen molar-refractivity contribution in [2.45, 2.75) is 18.9 Å². The Balaban J connectivity index is 1.62. The summed E-state index contributed by atoms with van der Waals surface area (Å²) in [6.45, 7) is 0.291. The minimum atomic E-state index is -2.91. The van der Waals surface area contributed by atoms with Gasteiger partial charge >= 0.3 is 0 Å². The first-order chi connectivity index (χ1) is 14.1. The molecule has 1 aliphatic rings. The van der Waals surface area contributed by atoms with Crippen molar-refractivity contribution in [3.8, 4) is 0 Å². The van der Waals surface area contributed by atoms with E-state index in [0.717, 1.165) is 23.0 Å². The number of imidazole rings is 1. The van der Waals surface area contributed by atoms with Crippen LogP contribution >= 0.6 is 0 Å². The van der Waals surface area contributed by atoms with Crippen LogP contribution in [0.2, 0.25) is 0 Å². The number of rotatable bonds is 3. The highest BCUT2D eigenvalue weighted by Gasteiger charge is 2.38. The van der Waals surface area contributed by atoms with Crippen LogP contribution in [0.3, 0.4) is 0 Å². The lowest BCUT2D eigenvalue weighted by atomic mass is 9.98.